The van der Waals surface area contributed by atoms with E-state index in [1.54, 1.807) is 0 Å². The van der Waals surface area contributed by atoms with Crippen molar-refractivity contribution in [1.82, 2.24) is 0 Å². The second kappa shape index (κ2) is 5.94. The van der Waals surface area contributed by atoms with Crippen molar-refractivity contribution in [2.24, 2.45) is 0 Å². The Bertz CT molecular complexity index is 594. The molecule has 0 amide bonds. The Morgan fingerprint density at radius 3 is 2.40 bits per heavy atom. The van der Waals surface area contributed by atoms with Crippen LogP contribution >= 0.6 is 23.8 Å². The van der Waals surface area contributed by atoms with Crippen molar-refractivity contribution < 1.29 is 0 Å². The fraction of sp³-hybridized carbons (Fsp3) is 0.235. The molecule has 0 spiro atoms. The largest absolute Gasteiger partial charge is 0.328 e. The highest BCUT2D eigenvalue weighted by molar-refractivity contribution is 7.80. The third-order valence-electron chi connectivity index (χ3n) is 3.74. The van der Waals surface area contributed by atoms with Crippen LogP contribution in [0.1, 0.15) is 30.9 Å². The maximum atomic E-state index is 5.99. The lowest BCUT2D eigenvalue weighted by atomic mass is 9.94. The molecule has 1 aliphatic rings. The number of nitrogens with zero attached hydrogens (tertiary/aromatic N) is 1. The summed E-state index contributed by atoms with van der Waals surface area (Å²) in [4.78, 5) is 3.32. The minimum atomic E-state index is 0.316. The lowest BCUT2D eigenvalue weighted by Crippen LogP contribution is -2.37. The minimum Gasteiger partial charge on any atom is -0.328 e. The van der Waals surface area contributed by atoms with Crippen LogP contribution in [0.2, 0.25) is 5.02 Å². The fourth-order valence-corrected chi connectivity index (χ4v) is 3.29. The van der Waals surface area contributed by atoms with Gasteiger partial charge in [-0.05, 0) is 49.1 Å². The Labute approximate surface area is 130 Å². The number of rotatable bonds is 2. The molecule has 1 heterocycles. The molecule has 20 heavy (non-hydrogen) atoms. The Kier molecular flexibility index (Phi) is 4.04. The van der Waals surface area contributed by atoms with E-state index in [0.29, 0.717) is 6.04 Å². The lowest BCUT2D eigenvalue weighted by molar-refractivity contribution is 0.581. The molecule has 1 saturated heterocycles. The van der Waals surface area contributed by atoms with Gasteiger partial charge < -0.3 is 4.90 Å². The molecule has 3 heteroatoms. The number of halogens is 1. The van der Waals surface area contributed by atoms with E-state index in [4.69, 9.17) is 23.8 Å². The monoisotopic (exact) mass is 301 g/mol. The van der Waals surface area contributed by atoms with Crippen molar-refractivity contribution in [2.75, 3.05) is 4.90 Å². The van der Waals surface area contributed by atoms with Gasteiger partial charge in [-0.2, -0.15) is 0 Å². The van der Waals surface area contributed by atoms with E-state index in [1.165, 1.54) is 11.3 Å². The van der Waals surface area contributed by atoms with Gasteiger partial charge in [0.05, 0.1) is 11.0 Å². The van der Waals surface area contributed by atoms with Crippen LogP contribution in [0.4, 0.5) is 5.69 Å². The number of thiocarbonyl (C=S) groups is 1. The molecule has 102 valence electrons. The van der Waals surface area contributed by atoms with E-state index >= 15 is 0 Å². The zero-order valence-corrected chi connectivity index (χ0v) is 12.7. The van der Waals surface area contributed by atoms with Gasteiger partial charge >= 0.3 is 0 Å². The van der Waals surface area contributed by atoms with Crippen LogP contribution in [0.25, 0.3) is 0 Å². The molecule has 3 rings (SSSR count). The molecule has 0 radical (unpaired) electrons. The van der Waals surface area contributed by atoms with E-state index in [2.05, 4.69) is 41.3 Å². The highest BCUT2D eigenvalue weighted by Gasteiger charge is 2.27. The zero-order chi connectivity index (χ0) is 13.9. The number of benzene rings is 2. The van der Waals surface area contributed by atoms with Crippen LogP contribution < -0.4 is 4.90 Å². The maximum absolute atomic E-state index is 5.99. The number of anilines is 1. The molecule has 1 unspecified atom stereocenters. The summed E-state index contributed by atoms with van der Waals surface area (Å²) in [6.07, 6.45) is 3.26. The molecule has 1 fully saturated rings. The van der Waals surface area contributed by atoms with Gasteiger partial charge in [0.15, 0.2) is 0 Å². The van der Waals surface area contributed by atoms with E-state index in [-0.39, 0.29) is 0 Å². The van der Waals surface area contributed by atoms with Gasteiger partial charge in [0.1, 0.15) is 0 Å². The average molecular weight is 302 g/mol. The summed E-state index contributed by atoms with van der Waals surface area (Å²) in [6.45, 7) is 0. The summed E-state index contributed by atoms with van der Waals surface area (Å²) >= 11 is 11.6. The Hall–Kier alpha value is -1.38. The number of hydrogen-bond acceptors (Lipinski definition) is 1. The van der Waals surface area contributed by atoms with Crippen molar-refractivity contribution in [3.63, 3.8) is 0 Å². The predicted octanol–water partition coefficient (Wildman–Crippen LogP) is 5.40. The summed E-state index contributed by atoms with van der Waals surface area (Å²) in [6, 6.07) is 18.9. The standard InChI is InChI=1S/C17H16ClNS/c18-14-11-9-13(10-12-14)16-7-4-8-17(20)19(16)15-5-2-1-3-6-15/h1-3,5-6,9-12,16H,4,7-8H2. The van der Waals surface area contributed by atoms with Crippen LogP contribution in [-0.2, 0) is 0 Å². The second-order valence-electron chi connectivity index (χ2n) is 5.06. The highest BCUT2D eigenvalue weighted by atomic mass is 35.5. The van der Waals surface area contributed by atoms with Gasteiger partial charge in [0, 0.05) is 10.7 Å². The number of para-hydroxylation sites is 1. The van der Waals surface area contributed by atoms with Gasteiger partial charge in [-0.25, -0.2) is 0 Å². The minimum absolute atomic E-state index is 0.316. The van der Waals surface area contributed by atoms with Crippen molar-refractivity contribution in [1.29, 1.82) is 0 Å². The second-order valence-corrected chi connectivity index (χ2v) is 5.97. The van der Waals surface area contributed by atoms with E-state index in [9.17, 15) is 0 Å². The zero-order valence-electron chi connectivity index (χ0n) is 11.1. The molecule has 1 atom stereocenters. The first-order valence-corrected chi connectivity index (χ1v) is 7.67. The molecule has 0 bridgehead atoms. The van der Waals surface area contributed by atoms with Gasteiger partial charge in [-0.15, -0.1) is 0 Å². The van der Waals surface area contributed by atoms with Crippen LogP contribution in [0.3, 0.4) is 0 Å². The molecule has 0 aliphatic carbocycles. The first-order chi connectivity index (χ1) is 9.75. The topological polar surface area (TPSA) is 3.24 Å². The molecule has 0 N–H and O–H groups in total. The average Bonchev–Trinajstić information content (AvgIpc) is 2.49. The molecule has 2 aromatic carbocycles. The van der Waals surface area contributed by atoms with Gasteiger partial charge in [-0.3, -0.25) is 0 Å². The summed E-state index contributed by atoms with van der Waals surface area (Å²) in [5.41, 5.74) is 2.46. The molecule has 0 aromatic heterocycles. The Morgan fingerprint density at radius 2 is 1.70 bits per heavy atom. The molecule has 1 nitrogen and oxygen atoms in total. The van der Waals surface area contributed by atoms with Gasteiger partial charge in [0.2, 0.25) is 0 Å². The van der Waals surface area contributed by atoms with E-state index in [1.807, 2.05) is 18.2 Å². The normalized spacial score (nSPS) is 19.1. The quantitative estimate of drug-likeness (QED) is 0.683. The molecule has 2 aromatic rings. The van der Waals surface area contributed by atoms with Gasteiger partial charge in [0.25, 0.3) is 0 Å². The smallest absolute Gasteiger partial charge is 0.0829 e. The predicted molar refractivity (Wildman–Crippen MR) is 89.6 cm³/mol. The van der Waals surface area contributed by atoms with Gasteiger partial charge in [-0.1, -0.05) is 54.2 Å². The van der Waals surface area contributed by atoms with Crippen molar-refractivity contribution in [3.8, 4) is 0 Å². The summed E-state index contributed by atoms with van der Waals surface area (Å²) in [7, 11) is 0. The third kappa shape index (κ3) is 2.72. The summed E-state index contributed by atoms with van der Waals surface area (Å²) < 4.78 is 0. The van der Waals surface area contributed by atoms with Crippen molar-refractivity contribution >= 4 is 34.5 Å². The van der Waals surface area contributed by atoms with Crippen LogP contribution in [0.5, 0.6) is 0 Å². The lowest BCUT2D eigenvalue weighted by Gasteiger charge is -2.38. The van der Waals surface area contributed by atoms with Crippen LogP contribution in [-0.4, -0.2) is 4.99 Å². The fourth-order valence-electron chi connectivity index (χ4n) is 2.78. The van der Waals surface area contributed by atoms with Crippen LogP contribution in [0.15, 0.2) is 54.6 Å². The molecule has 1 aliphatic heterocycles. The van der Waals surface area contributed by atoms with E-state index in [0.717, 1.165) is 29.3 Å². The number of piperidine rings is 1. The van der Waals surface area contributed by atoms with Crippen LogP contribution in [0, 0.1) is 0 Å². The van der Waals surface area contributed by atoms with E-state index < -0.39 is 0 Å². The highest BCUT2D eigenvalue weighted by Crippen LogP contribution is 2.36. The first kappa shape index (κ1) is 13.6. The maximum Gasteiger partial charge on any atom is 0.0829 e. The third-order valence-corrected chi connectivity index (χ3v) is 4.39. The Balaban J connectivity index is 1.98. The molecule has 0 saturated carbocycles. The van der Waals surface area contributed by atoms with Crippen molar-refractivity contribution in [2.45, 2.75) is 25.3 Å². The molecular formula is C17H16ClNS. The Morgan fingerprint density at radius 1 is 1.00 bits per heavy atom. The molecular weight excluding hydrogens is 286 g/mol. The SMILES string of the molecule is S=C1CCCC(c2ccc(Cl)cc2)N1c1ccccc1. The first-order valence-electron chi connectivity index (χ1n) is 6.88. The number of hydrogen-bond donors (Lipinski definition) is 0. The summed E-state index contributed by atoms with van der Waals surface area (Å²) in [5.74, 6) is 0. The summed E-state index contributed by atoms with van der Waals surface area (Å²) in [5, 5.41) is 0.776. The van der Waals surface area contributed by atoms with Crippen molar-refractivity contribution in [3.05, 3.63) is 65.2 Å².